The molecule has 1 aliphatic rings. The first-order valence-electron chi connectivity index (χ1n) is 7.78. The third kappa shape index (κ3) is 4.29. The first-order valence-corrected chi connectivity index (χ1v) is 8.57. The second kappa shape index (κ2) is 7.56. The molecule has 1 N–H and O–H groups in total. The third-order valence-electron chi connectivity index (χ3n) is 4.69. The van der Waals surface area contributed by atoms with Crippen LogP contribution in [0.15, 0.2) is 22.7 Å². The highest BCUT2D eigenvalue weighted by Crippen LogP contribution is 2.31. The van der Waals surface area contributed by atoms with Crippen molar-refractivity contribution >= 4 is 15.9 Å². The van der Waals surface area contributed by atoms with Crippen LogP contribution in [0.3, 0.4) is 0 Å². The van der Waals surface area contributed by atoms with Gasteiger partial charge in [-0.15, -0.1) is 0 Å². The van der Waals surface area contributed by atoms with Gasteiger partial charge in [-0.25, -0.2) is 4.39 Å². The van der Waals surface area contributed by atoms with E-state index in [4.69, 9.17) is 0 Å². The topological polar surface area (TPSA) is 12.0 Å². The summed E-state index contributed by atoms with van der Waals surface area (Å²) in [6.07, 6.45) is 6.81. The Morgan fingerprint density at radius 2 is 1.90 bits per heavy atom. The Labute approximate surface area is 130 Å². The molecule has 112 valence electrons. The van der Waals surface area contributed by atoms with Gasteiger partial charge in [0, 0.05) is 10.5 Å². The Balaban J connectivity index is 1.82. The SMILES string of the molecule is CCC1CCC(CNC(C)c2ccc(F)cc2Br)CC1. The van der Waals surface area contributed by atoms with E-state index in [1.807, 2.05) is 6.07 Å². The molecule has 1 nitrogen and oxygen atoms in total. The molecule has 0 aromatic heterocycles. The summed E-state index contributed by atoms with van der Waals surface area (Å²) < 4.78 is 14.0. The molecule has 0 saturated heterocycles. The van der Waals surface area contributed by atoms with Gasteiger partial charge in [0.15, 0.2) is 0 Å². The van der Waals surface area contributed by atoms with Crippen molar-refractivity contribution in [2.45, 2.75) is 52.0 Å². The fraction of sp³-hybridized carbons (Fsp3) is 0.647. The van der Waals surface area contributed by atoms with Crippen molar-refractivity contribution in [1.82, 2.24) is 5.32 Å². The van der Waals surface area contributed by atoms with Crippen LogP contribution < -0.4 is 5.32 Å². The second-order valence-electron chi connectivity index (χ2n) is 6.09. The molecule has 0 amide bonds. The van der Waals surface area contributed by atoms with E-state index >= 15 is 0 Å². The van der Waals surface area contributed by atoms with Crippen LogP contribution >= 0.6 is 15.9 Å². The van der Waals surface area contributed by atoms with E-state index in [1.54, 1.807) is 6.07 Å². The Hall–Kier alpha value is -0.410. The molecule has 0 spiro atoms. The highest BCUT2D eigenvalue weighted by atomic mass is 79.9. The standard InChI is InChI=1S/C17H25BrFN/c1-3-13-4-6-14(7-5-13)11-20-12(2)16-9-8-15(19)10-17(16)18/h8-10,12-14,20H,3-7,11H2,1-2H3. The molecule has 20 heavy (non-hydrogen) atoms. The molecular formula is C17H25BrFN. The van der Waals surface area contributed by atoms with Crippen molar-refractivity contribution in [1.29, 1.82) is 0 Å². The van der Waals surface area contributed by atoms with Crippen LogP contribution in [0.2, 0.25) is 0 Å². The van der Waals surface area contributed by atoms with Gasteiger partial charge in [0.1, 0.15) is 5.82 Å². The Bertz CT molecular complexity index is 427. The molecule has 1 atom stereocenters. The summed E-state index contributed by atoms with van der Waals surface area (Å²) in [7, 11) is 0. The minimum absolute atomic E-state index is 0.189. The lowest BCUT2D eigenvalue weighted by Crippen LogP contribution is -2.28. The highest BCUT2D eigenvalue weighted by Gasteiger charge is 2.20. The Kier molecular flexibility index (Phi) is 6.03. The maximum atomic E-state index is 13.1. The molecule has 0 aliphatic heterocycles. The van der Waals surface area contributed by atoms with E-state index in [9.17, 15) is 4.39 Å². The number of rotatable bonds is 5. The minimum atomic E-state index is -0.189. The number of halogens is 2. The molecule has 2 rings (SSSR count). The van der Waals surface area contributed by atoms with Crippen molar-refractivity contribution < 1.29 is 4.39 Å². The summed E-state index contributed by atoms with van der Waals surface area (Å²) in [5.41, 5.74) is 1.13. The Morgan fingerprint density at radius 3 is 2.50 bits per heavy atom. The van der Waals surface area contributed by atoms with Gasteiger partial charge in [-0.1, -0.05) is 48.2 Å². The summed E-state index contributed by atoms with van der Waals surface area (Å²) in [5, 5.41) is 3.61. The largest absolute Gasteiger partial charge is 0.310 e. The van der Waals surface area contributed by atoms with E-state index in [0.29, 0.717) is 0 Å². The smallest absolute Gasteiger partial charge is 0.124 e. The van der Waals surface area contributed by atoms with Crippen molar-refractivity contribution in [3.63, 3.8) is 0 Å². The predicted molar refractivity (Wildman–Crippen MR) is 86.3 cm³/mol. The van der Waals surface area contributed by atoms with Crippen LogP contribution in [0.25, 0.3) is 0 Å². The summed E-state index contributed by atoms with van der Waals surface area (Å²) in [5.74, 6) is 1.57. The first-order chi connectivity index (χ1) is 9.60. The molecule has 1 saturated carbocycles. The van der Waals surface area contributed by atoms with Gasteiger partial charge in [-0.3, -0.25) is 0 Å². The molecule has 0 heterocycles. The predicted octanol–water partition coefficient (Wildman–Crippen LogP) is 5.46. The normalized spacial score (nSPS) is 24.6. The zero-order valence-corrected chi connectivity index (χ0v) is 14.0. The van der Waals surface area contributed by atoms with Crippen molar-refractivity contribution in [3.8, 4) is 0 Å². The third-order valence-corrected chi connectivity index (χ3v) is 5.37. The molecule has 0 radical (unpaired) electrons. The van der Waals surface area contributed by atoms with Gasteiger partial charge >= 0.3 is 0 Å². The fourth-order valence-corrected chi connectivity index (χ4v) is 3.84. The molecule has 1 fully saturated rings. The lowest BCUT2D eigenvalue weighted by molar-refractivity contribution is 0.258. The molecular weight excluding hydrogens is 317 g/mol. The zero-order chi connectivity index (χ0) is 14.5. The first kappa shape index (κ1) is 16.0. The van der Waals surface area contributed by atoms with Gasteiger partial charge in [-0.2, -0.15) is 0 Å². The Morgan fingerprint density at radius 1 is 1.25 bits per heavy atom. The van der Waals surface area contributed by atoms with E-state index in [2.05, 4.69) is 35.1 Å². The summed E-state index contributed by atoms with van der Waals surface area (Å²) in [6.45, 7) is 5.52. The van der Waals surface area contributed by atoms with Gasteiger partial charge in [0.05, 0.1) is 0 Å². The monoisotopic (exact) mass is 341 g/mol. The van der Waals surface area contributed by atoms with Crippen molar-refractivity contribution in [2.75, 3.05) is 6.54 Å². The van der Waals surface area contributed by atoms with Gasteiger partial charge < -0.3 is 5.32 Å². The highest BCUT2D eigenvalue weighted by molar-refractivity contribution is 9.10. The molecule has 0 bridgehead atoms. The van der Waals surface area contributed by atoms with Crippen LogP contribution in [-0.2, 0) is 0 Å². The van der Waals surface area contributed by atoms with E-state index in [0.717, 1.165) is 28.4 Å². The van der Waals surface area contributed by atoms with E-state index in [-0.39, 0.29) is 11.9 Å². The quantitative estimate of drug-likeness (QED) is 0.750. The van der Waals surface area contributed by atoms with Crippen molar-refractivity contribution in [3.05, 3.63) is 34.1 Å². The van der Waals surface area contributed by atoms with Crippen LogP contribution in [0.1, 0.15) is 57.6 Å². The van der Waals surface area contributed by atoms with Crippen LogP contribution in [-0.4, -0.2) is 6.54 Å². The molecule has 1 aromatic rings. The van der Waals surface area contributed by atoms with E-state index in [1.165, 1.54) is 38.2 Å². The van der Waals surface area contributed by atoms with Gasteiger partial charge in [-0.05, 0) is 55.8 Å². The molecule has 1 aromatic carbocycles. The minimum Gasteiger partial charge on any atom is -0.310 e. The summed E-state index contributed by atoms with van der Waals surface area (Å²) in [4.78, 5) is 0. The van der Waals surface area contributed by atoms with E-state index < -0.39 is 0 Å². The maximum Gasteiger partial charge on any atom is 0.124 e. The maximum absolute atomic E-state index is 13.1. The summed E-state index contributed by atoms with van der Waals surface area (Å²) in [6, 6.07) is 5.20. The summed E-state index contributed by atoms with van der Waals surface area (Å²) >= 11 is 3.45. The lowest BCUT2D eigenvalue weighted by Gasteiger charge is -2.29. The lowest BCUT2D eigenvalue weighted by atomic mass is 9.81. The number of hydrogen-bond donors (Lipinski definition) is 1. The van der Waals surface area contributed by atoms with Crippen LogP contribution in [0, 0.1) is 17.7 Å². The van der Waals surface area contributed by atoms with Gasteiger partial charge in [0.2, 0.25) is 0 Å². The van der Waals surface area contributed by atoms with Crippen LogP contribution in [0.5, 0.6) is 0 Å². The average molecular weight is 342 g/mol. The number of hydrogen-bond acceptors (Lipinski definition) is 1. The average Bonchev–Trinajstić information content (AvgIpc) is 2.45. The van der Waals surface area contributed by atoms with Crippen LogP contribution in [0.4, 0.5) is 4.39 Å². The number of benzene rings is 1. The number of nitrogens with one attached hydrogen (secondary N) is 1. The van der Waals surface area contributed by atoms with Gasteiger partial charge in [0.25, 0.3) is 0 Å². The molecule has 1 aliphatic carbocycles. The molecule has 3 heteroatoms. The second-order valence-corrected chi connectivity index (χ2v) is 6.95. The van der Waals surface area contributed by atoms with Crippen molar-refractivity contribution in [2.24, 2.45) is 11.8 Å². The fourth-order valence-electron chi connectivity index (χ4n) is 3.15. The zero-order valence-electron chi connectivity index (χ0n) is 12.5. The molecule has 1 unspecified atom stereocenters.